The summed E-state index contributed by atoms with van der Waals surface area (Å²) >= 11 is 0. The number of aryl methyl sites for hydroxylation is 1. The van der Waals surface area contributed by atoms with Gasteiger partial charge < -0.3 is 5.73 Å². The lowest BCUT2D eigenvalue weighted by Gasteiger charge is -2.21. The molecule has 2 N–H and O–H groups in total. The van der Waals surface area contributed by atoms with Gasteiger partial charge in [-0.2, -0.15) is 0 Å². The van der Waals surface area contributed by atoms with E-state index in [4.69, 9.17) is 5.73 Å². The summed E-state index contributed by atoms with van der Waals surface area (Å²) in [4.78, 5) is 0. The normalized spacial score (nSPS) is 17.5. The Morgan fingerprint density at radius 2 is 2.06 bits per heavy atom. The third-order valence-corrected chi connectivity index (χ3v) is 3.93. The zero-order valence-electron chi connectivity index (χ0n) is 10.9. The molecule has 1 aliphatic carbocycles. The molecule has 1 fully saturated rings. The minimum atomic E-state index is 0.514. The Bertz CT molecular complexity index is 318. The lowest BCUT2D eigenvalue weighted by atomic mass is 9.85. The van der Waals surface area contributed by atoms with E-state index in [9.17, 15) is 0 Å². The van der Waals surface area contributed by atoms with Crippen LogP contribution in [-0.2, 0) is 19.5 Å². The molecule has 0 unspecified atom stereocenters. The second kappa shape index (κ2) is 6.15. The van der Waals surface area contributed by atoms with Crippen molar-refractivity contribution in [2.45, 2.75) is 65.0 Å². The molecule has 1 heterocycles. The van der Waals surface area contributed by atoms with Crippen molar-refractivity contribution in [3.63, 3.8) is 0 Å². The highest BCUT2D eigenvalue weighted by atomic mass is 15.4. The van der Waals surface area contributed by atoms with Crippen molar-refractivity contribution < 1.29 is 0 Å². The van der Waals surface area contributed by atoms with Gasteiger partial charge in [-0.1, -0.05) is 37.3 Å². The maximum absolute atomic E-state index is 5.71. The van der Waals surface area contributed by atoms with E-state index in [1.54, 1.807) is 0 Å². The van der Waals surface area contributed by atoms with Crippen LogP contribution in [-0.4, -0.2) is 15.0 Å². The lowest BCUT2D eigenvalue weighted by Crippen LogP contribution is -2.11. The molecule has 4 heteroatoms. The van der Waals surface area contributed by atoms with Crippen LogP contribution in [0.25, 0.3) is 0 Å². The summed E-state index contributed by atoms with van der Waals surface area (Å²) in [7, 11) is 0. The van der Waals surface area contributed by atoms with Crippen molar-refractivity contribution in [3.05, 3.63) is 11.4 Å². The first-order valence-electron chi connectivity index (χ1n) is 6.96. The molecule has 1 saturated carbocycles. The van der Waals surface area contributed by atoms with Crippen LogP contribution in [0.2, 0.25) is 0 Å². The van der Waals surface area contributed by atoms with Crippen molar-refractivity contribution >= 4 is 0 Å². The first-order valence-corrected chi connectivity index (χ1v) is 6.96. The van der Waals surface area contributed by atoms with Crippen molar-refractivity contribution in [2.24, 2.45) is 11.7 Å². The van der Waals surface area contributed by atoms with Gasteiger partial charge in [0.15, 0.2) is 0 Å². The van der Waals surface area contributed by atoms with Gasteiger partial charge in [-0.15, -0.1) is 5.10 Å². The van der Waals surface area contributed by atoms with E-state index >= 15 is 0 Å². The van der Waals surface area contributed by atoms with Gasteiger partial charge in [0.05, 0.1) is 11.4 Å². The molecule has 17 heavy (non-hydrogen) atoms. The molecular weight excluding hydrogens is 212 g/mol. The van der Waals surface area contributed by atoms with E-state index in [1.807, 2.05) is 4.68 Å². The molecule has 0 saturated heterocycles. The van der Waals surface area contributed by atoms with Gasteiger partial charge in [-0.25, -0.2) is 4.68 Å². The van der Waals surface area contributed by atoms with Gasteiger partial charge >= 0.3 is 0 Å². The fourth-order valence-corrected chi connectivity index (χ4v) is 2.87. The van der Waals surface area contributed by atoms with Crippen LogP contribution in [0.5, 0.6) is 0 Å². The van der Waals surface area contributed by atoms with E-state index in [1.165, 1.54) is 44.2 Å². The summed E-state index contributed by atoms with van der Waals surface area (Å²) < 4.78 is 2.00. The highest BCUT2D eigenvalue weighted by molar-refractivity contribution is 5.10. The van der Waals surface area contributed by atoms with E-state index in [0.29, 0.717) is 6.54 Å². The molecule has 1 aliphatic rings. The summed E-state index contributed by atoms with van der Waals surface area (Å²) in [6, 6.07) is 0. The first kappa shape index (κ1) is 12.6. The third kappa shape index (κ3) is 3.06. The SMILES string of the molecule is CCn1nnc(CN)c1CCC1CCCCC1. The fourth-order valence-electron chi connectivity index (χ4n) is 2.87. The van der Waals surface area contributed by atoms with Crippen LogP contribution in [0.1, 0.15) is 56.8 Å². The Morgan fingerprint density at radius 3 is 2.71 bits per heavy atom. The molecule has 1 aromatic rings. The molecule has 2 rings (SSSR count). The van der Waals surface area contributed by atoms with E-state index < -0.39 is 0 Å². The molecule has 96 valence electrons. The van der Waals surface area contributed by atoms with Crippen LogP contribution in [0, 0.1) is 5.92 Å². The largest absolute Gasteiger partial charge is 0.325 e. The summed E-state index contributed by atoms with van der Waals surface area (Å²) in [5.74, 6) is 0.912. The predicted octanol–water partition coefficient (Wildman–Crippen LogP) is 2.27. The van der Waals surface area contributed by atoms with Gasteiger partial charge in [-0.3, -0.25) is 0 Å². The molecule has 0 spiro atoms. The summed E-state index contributed by atoms with van der Waals surface area (Å²) in [6.07, 6.45) is 9.45. The van der Waals surface area contributed by atoms with E-state index in [-0.39, 0.29) is 0 Å². The van der Waals surface area contributed by atoms with Crippen molar-refractivity contribution in [1.29, 1.82) is 0 Å². The summed E-state index contributed by atoms with van der Waals surface area (Å²) in [5.41, 5.74) is 7.96. The summed E-state index contributed by atoms with van der Waals surface area (Å²) in [5, 5.41) is 8.31. The zero-order chi connectivity index (χ0) is 12.1. The molecular formula is C13H24N4. The number of nitrogens with zero attached hydrogens (tertiary/aromatic N) is 3. The molecule has 0 bridgehead atoms. The van der Waals surface area contributed by atoms with Crippen LogP contribution < -0.4 is 5.73 Å². The van der Waals surface area contributed by atoms with Gasteiger partial charge in [-0.05, 0) is 25.7 Å². The second-order valence-corrected chi connectivity index (χ2v) is 5.05. The number of aromatic nitrogens is 3. The molecule has 4 nitrogen and oxygen atoms in total. The fraction of sp³-hybridized carbons (Fsp3) is 0.846. The number of hydrogen-bond donors (Lipinski definition) is 1. The molecule has 1 aromatic heterocycles. The Balaban J connectivity index is 1.94. The van der Waals surface area contributed by atoms with Crippen LogP contribution in [0.15, 0.2) is 0 Å². The van der Waals surface area contributed by atoms with Gasteiger partial charge in [0.2, 0.25) is 0 Å². The predicted molar refractivity (Wildman–Crippen MR) is 68.5 cm³/mol. The monoisotopic (exact) mass is 236 g/mol. The lowest BCUT2D eigenvalue weighted by molar-refractivity contribution is 0.336. The van der Waals surface area contributed by atoms with Gasteiger partial charge in [0.25, 0.3) is 0 Å². The minimum Gasteiger partial charge on any atom is -0.325 e. The van der Waals surface area contributed by atoms with Gasteiger partial charge in [0.1, 0.15) is 0 Å². The van der Waals surface area contributed by atoms with Crippen LogP contribution in [0.4, 0.5) is 0 Å². The van der Waals surface area contributed by atoms with Gasteiger partial charge in [0, 0.05) is 13.1 Å². The highest BCUT2D eigenvalue weighted by Crippen LogP contribution is 2.27. The Morgan fingerprint density at radius 1 is 1.29 bits per heavy atom. The number of hydrogen-bond acceptors (Lipinski definition) is 3. The Kier molecular flexibility index (Phi) is 4.54. The first-order chi connectivity index (χ1) is 8.35. The van der Waals surface area contributed by atoms with Crippen molar-refractivity contribution in [1.82, 2.24) is 15.0 Å². The zero-order valence-corrected chi connectivity index (χ0v) is 10.9. The average molecular weight is 236 g/mol. The Hall–Kier alpha value is -0.900. The number of rotatable bonds is 5. The summed E-state index contributed by atoms with van der Waals surface area (Å²) in [6.45, 7) is 3.52. The topological polar surface area (TPSA) is 56.7 Å². The van der Waals surface area contributed by atoms with E-state index in [2.05, 4.69) is 17.2 Å². The van der Waals surface area contributed by atoms with Crippen molar-refractivity contribution in [2.75, 3.05) is 0 Å². The standard InChI is InChI=1S/C13H24N4/c1-2-17-13(12(10-14)15-16-17)9-8-11-6-4-3-5-7-11/h11H,2-10,14H2,1H3. The molecule has 0 radical (unpaired) electrons. The molecule has 0 atom stereocenters. The van der Waals surface area contributed by atoms with Crippen molar-refractivity contribution in [3.8, 4) is 0 Å². The molecule has 0 aliphatic heterocycles. The Labute approximate surface area is 104 Å². The average Bonchev–Trinajstić information content (AvgIpc) is 2.79. The highest BCUT2D eigenvalue weighted by Gasteiger charge is 2.16. The molecule has 0 aromatic carbocycles. The third-order valence-electron chi connectivity index (χ3n) is 3.93. The van der Waals surface area contributed by atoms with Crippen LogP contribution >= 0.6 is 0 Å². The maximum Gasteiger partial charge on any atom is 0.0994 e. The minimum absolute atomic E-state index is 0.514. The quantitative estimate of drug-likeness (QED) is 0.853. The number of nitrogens with two attached hydrogens (primary N) is 1. The van der Waals surface area contributed by atoms with E-state index in [0.717, 1.165) is 24.6 Å². The maximum atomic E-state index is 5.71. The smallest absolute Gasteiger partial charge is 0.0994 e. The molecule has 0 amide bonds. The second-order valence-electron chi connectivity index (χ2n) is 5.05. The van der Waals surface area contributed by atoms with Crippen LogP contribution in [0.3, 0.4) is 0 Å².